The average molecular weight is 245 g/mol. The third-order valence-electron chi connectivity index (χ3n) is 2.69. The van der Waals surface area contributed by atoms with Gasteiger partial charge in [0.25, 0.3) is 5.91 Å². The summed E-state index contributed by atoms with van der Waals surface area (Å²) in [6, 6.07) is 3.69. The van der Waals surface area contributed by atoms with Gasteiger partial charge in [-0.3, -0.25) is 9.78 Å². The maximum atomic E-state index is 11.7. The molecule has 0 spiro atoms. The highest BCUT2D eigenvalue weighted by molar-refractivity contribution is 5.93. The van der Waals surface area contributed by atoms with E-state index in [1.165, 1.54) is 0 Å². The number of nitrogens with zero attached hydrogens (tertiary/aromatic N) is 2. The third kappa shape index (κ3) is 2.40. The number of aromatic nitrogens is 2. The van der Waals surface area contributed by atoms with Crippen LogP contribution in [0.15, 0.2) is 22.7 Å². The predicted octanol–water partition coefficient (Wildman–Crippen LogP) is 1.64. The quantitative estimate of drug-likeness (QED) is 0.892. The van der Waals surface area contributed by atoms with Gasteiger partial charge >= 0.3 is 0 Å². The van der Waals surface area contributed by atoms with Gasteiger partial charge in [-0.25, -0.2) is 4.98 Å². The van der Waals surface area contributed by atoms with Crippen molar-refractivity contribution in [2.45, 2.75) is 20.3 Å². The lowest BCUT2D eigenvalue weighted by Crippen LogP contribution is -2.21. The Hall–Kier alpha value is -2.17. The van der Waals surface area contributed by atoms with Gasteiger partial charge in [-0.2, -0.15) is 0 Å². The van der Waals surface area contributed by atoms with Crippen LogP contribution < -0.4 is 5.32 Å². The second kappa shape index (κ2) is 5.00. The van der Waals surface area contributed by atoms with Crippen molar-refractivity contribution in [3.63, 3.8) is 0 Å². The maximum Gasteiger partial charge on any atom is 0.269 e. The molecule has 1 N–H and O–H groups in total. The number of rotatable bonds is 3. The first kappa shape index (κ1) is 12.3. The molecule has 2 aromatic rings. The number of hydrogen-bond acceptors (Lipinski definition) is 4. The molecule has 0 unspecified atom stereocenters. The average Bonchev–Trinajstić information content (AvgIpc) is 2.67. The molecule has 2 aromatic heterocycles. The smallest absolute Gasteiger partial charge is 0.269 e. The van der Waals surface area contributed by atoms with E-state index in [9.17, 15) is 4.79 Å². The molecule has 0 saturated heterocycles. The van der Waals surface area contributed by atoms with Crippen LogP contribution in [0.1, 0.15) is 33.4 Å². The van der Waals surface area contributed by atoms with Crippen LogP contribution in [-0.2, 0) is 6.42 Å². The highest BCUT2D eigenvalue weighted by Crippen LogP contribution is 2.16. The van der Waals surface area contributed by atoms with Crippen LogP contribution in [0.5, 0.6) is 0 Å². The zero-order valence-electron chi connectivity index (χ0n) is 10.7. The zero-order valence-corrected chi connectivity index (χ0v) is 10.7. The number of amides is 1. The van der Waals surface area contributed by atoms with Crippen molar-refractivity contribution in [2.24, 2.45) is 0 Å². The Morgan fingerprint density at radius 2 is 2.22 bits per heavy atom. The van der Waals surface area contributed by atoms with E-state index in [1.807, 2.05) is 19.1 Å². The van der Waals surface area contributed by atoms with Crippen molar-refractivity contribution in [1.29, 1.82) is 0 Å². The number of carbonyl (C=O) groups is 1. The first-order chi connectivity index (χ1) is 8.61. The summed E-state index contributed by atoms with van der Waals surface area (Å²) in [6.07, 6.45) is 2.15. The summed E-state index contributed by atoms with van der Waals surface area (Å²) in [7, 11) is 1.59. The molecule has 0 bridgehead atoms. The minimum atomic E-state index is -0.191. The van der Waals surface area contributed by atoms with Crippen LogP contribution in [0.25, 0.3) is 0 Å². The van der Waals surface area contributed by atoms with Crippen molar-refractivity contribution in [2.75, 3.05) is 7.05 Å². The minimum Gasteiger partial charge on any atom is -0.446 e. The Bertz CT molecular complexity index is 575. The fourth-order valence-electron chi connectivity index (χ4n) is 1.82. The fourth-order valence-corrected chi connectivity index (χ4v) is 1.82. The van der Waals surface area contributed by atoms with Crippen molar-refractivity contribution >= 4 is 5.91 Å². The lowest BCUT2D eigenvalue weighted by atomic mass is 10.1. The molecule has 0 fully saturated rings. The topological polar surface area (TPSA) is 68.0 Å². The van der Waals surface area contributed by atoms with E-state index in [4.69, 9.17) is 4.42 Å². The van der Waals surface area contributed by atoms with Gasteiger partial charge in [0.05, 0.1) is 5.69 Å². The van der Waals surface area contributed by atoms with Crippen LogP contribution in [0.4, 0.5) is 0 Å². The van der Waals surface area contributed by atoms with E-state index in [2.05, 4.69) is 15.3 Å². The highest BCUT2D eigenvalue weighted by atomic mass is 16.4. The molecular weight excluding hydrogens is 230 g/mol. The Morgan fingerprint density at radius 1 is 1.44 bits per heavy atom. The van der Waals surface area contributed by atoms with Crippen molar-refractivity contribution < 1.29 is 9.21 Å². The Labute approximate surface area is 105 Å². The van der Waals surface area contributed by atoms with Gasteiger partial charge in [-0.15, -0.1) is 0 Å². The largest absolute Gasteiger partial charge is 0.446 e. The minimum absolute atomic E-state index is 0.191. The summed E-state index contributed by atoms with van der Waals surface area (Å²) >= 11 is 0. The molecule has 0 aliphatic rings. The van der Waals surface area contributed by atoms with E-state index in [0.717, 1.165) is 17.0 Å². The molecule has 2 heterocycles. The molecule has 0 aliphatic heterocycles. The molecule has 0 atom stereocenters. The summed E-state index contributed by atoms with van der Waals surface area (Å²) < 4.78 is 5.38. The first-order valence-electron chi connectivity index (χ1n) is 5.70. The van der Waals surface area contributed by atoms with E-state index in [1.54, 1.807) is 20.2 Å². The molecule has 0 saturated carbocycles. The van der Waals surface area contributed by atoms with Crippen LogP contribution in [0, 0.1) is 13.8 Å². The fraction of sp³-hybridized carbons (Fsp3) is 0.308. The normalized spacial score (nSPS) is 10.4. The van der Waals surface area contributed by atoms with Gasteiger partial charge in [0.1, 0.15) is 11.5 Å². The van der Waals surface area contributed by atoms with Crippen molar-refractivity contribution in [3.8, 4) is 0 Å². The summed E-state index contributed by atoms with van der Waals surface area (Å²) in [5.41, 5.74) is 2.11. The summed E-state index contributed by atoms with van der Waals surface area (Å²) in [4.78, 5) is 20.1. The summed E-state index contributed by atoms with van der Waals surface area (Å²) in [5.74, 6) is 1.22. The second-order valence-electron chi connectivity index (χ2n) is 4.00. The van der Waals surface area contributed by atoms with Gasteiger partial charge in [0.2, 0.25) is 0 Å². The van der Waals surface area contributed by atoms with E-state index in [0.29, 0.717) is 18.0 Å². The lowest BCUT2D eigenvalue weighted by molar-refractivity contribution is 0.0957. The Kier molecular flexibility index (Phi) is 3.41. The van der Waals surface area contributed by atoms with Crippen molar-refractivity contribution in [3.05, 3.63) is 46.9 Å². The number of aryl methyl sites for hydroxylation is 2. The standard InChI is InChI=1S/C13H15N3O2/c1-8-11(16-9(2)18-8)7-10-5-4-6-15-12(10)13(17)14-3/h4-6H,7H2,1-3H3,(H,14,17). The lowest BCUT2D eigenvalue weighted by Gasteiger charge is -2.05. The Morgan fingerprint density at radius 3 is 2.83 bits per heavy atom. The number of carbonyl (C=O) groups excluding carboxylic acids is 1. The number of pyridine rings is 1. The number of hydrogen-bond donors (Lipinski definition) is 1. The van der Waals surface area contributed by atoms with E-state index < -0.39 is 0 Å². The zero-order chi connectivity index (χ0) is 13.1. The molecule has 0 aromatic carbocycles. The van der Waals surface area contributed by atoms with Crippen LogP contribution in [0.3, 0.4) is 0 Å². The molecule has 2 rings (SSSR count). The van der Waals surface area contributed by atoms with Crippen LogP contribution >= 0.6 is 0 Å². The molecule has 5 nitrogen and oxygen atoms in total. The molecule has 18 heavy (non-hydrogen) atoms. The second-order valence-corrected chi connectivity index (χ2v) is 4.00. The van der Waals surface area contributed by atoms with Gasteiger partial charge in [0.15, 0.2) is 5.89 Å². The van der Waals surface area contributed by atoms with E-state index >= 15 is 0 Å². The molecule has 94 valence electrons. The Balaban J connectivity index is 2.34. The van der Waals surface area contributed by atoms with Gasteiger partial charge in [0, 0.05) is 26.6 Å². The first-order valence-corrected chi connectivity index (χ1v) is 5.70. The van der Waals surface area contributed by atoms with Crippen molar-refractivity contribution in [1.82, 2.24) is 15.3 Å². The SMILES string of the molecule is CNC(=O)c1ncccc1Cc1nc(C)oc1C. The number of nitrogens with one attached hydrogen (secondary N) is 1. The molecular formula is C13H15N3O2. The molecule has 0 radical (unpaired) electrons. The third-order valence-corrected chi connectivity index (χ3v) is 2.69. The van der Waals surface area contributed by atoms with E-state index in [-0.39, 0.29) is 5.91 Å². The van der Waals surface area contributed by atoms with Gasteiger partial charge in [-0.05, 0) is 18.6 Å². The van der Waals surface area contributed by atoms with Crippen LogP contribution in [-0.4, -0.2) is 22.9 Å². The summed E-state index contributed by atoms with van der Waals surface area (Å²) in [6.45, 7) is 3.67. The summed E-state index contributed by atoms with van der Waals surface area (Å²) in [5, 5.41) is 2.58. The monoisotopic (exact) mass is 245 g/mol. The molecule has 1 amide bonds. The molecule has 0 aliphatic carbocycles. The maximum absolute atomic E-state index is 11.7. The van der Waals surface area contributed by atoms with Gasteiger partial charge in [-0.1, -0.05) is 6.07 Å². The van der Waals surface area contributed by atoms with Crippen LogP contribution in [0.2, 0.25) is 0 Å². The number of oxazole rings is 1. The highest BCUT2D eigenvalue weighted by Gasteiger charge is 2.14. The van der Waals surface area contributed by atoms with Gasteiger partial charge < -0.3 is 9.73 Å². The predicted molar refractivity (Wildman–Crippen MR) is 66.4 cm³/mol. The molecule has 5 heteroatoms.